The molecule has 0 aliphatic rings. The molecule has 0 heterocycles. The number of carbonyl (C=O) groups is 2. The first-order valence-electron chi connectivity index (χ1n) is 8.16. The Kier molecular flexibility index (Phi) is 7.46. The minimum atomic E-state index is -0.346. The summed E-state index contributed by atoms with van der Waals surface area (Å²) in [5, 5.41) is 5.17. The smallest absolute Gasteiger partial charge is 0.239 e. The van der Waals surface area contributed by atoms with E-state index in [0.29, 0.717) is 19.6 Å². The van der Waals surface area contributed by atoms with Crippen LogP contribution in [-0.2, 0) is 22.6 Å². The van der Waals surface area contributed by atoms with Crippen molar-refractivity contribution in [3.05, 3.63) is 65.7 Å². The van der Waals surface area contributed by atoms with Gasteiger partial charge in [0, 0.05) is 6.54 Å². The molecule has 0 fully saturated rings. The van der Waals surface area contributed by atoms with Crippen LogP contribution >= 0.6 is 0 Å². The number of amides is 2. The van der Waals surface area contributed by atoms with Crippen molar-refractivity contribution in [2.45, 2.75) is 13.0 Å². The van der Waals surface area contributed by atoms with Gasteiger partial charge in [-0.25, -0.2) is 0 Å². The number of nitrogens with two attached hydrogens (primary N) is 1. The van der Waals surface area contributed by atoms with E-state index in [4.69, 9.17) is 10.5 Å². The van der Waals surface area contributed by atoms with Crippen LogP contribution in [0.15, 0.2) is 54.6 Å². The molecular formula is C19H23N3O3. The summed E-state index contributed by atoms with van der Waals surface area (Å²) in [4.78, 5) is 22.5. The van der Waals surface area contributed by atoms with E-state index < -0.39 is 0 Å². The van der Waals surface area contributed by atoms with Crippen molar-refractivity contribution in [3.8, 4) is 5.75 Å². The van der Waals surface area contributed by atoms with Gasteiger partial charge in [0.2, 0.25) is 11.8 Å². The van der Waals surface area contributed by atoms with Gasteiger partial charge >= 0.3 is 0 Å². The van der Waals surface area contributed by atoms with Crippen LogP contribution in [-0.4, -0.2) is 31.4 Å². The van der Waals surface area contributed by atoms with Gasteiger partial charge in [-0.1, -0.05) is 42.5 Å². The van der Waals surface area contributed by atoms with Crippen molar-refractivity contribution in [1.82, 2.24) is 10.6 Å². The van der Waals surface area contributed by atoms with Gasteiger partial charge in [0.25, 0.3) is 0 Å². The zero-order valence-electron chi connectivity index (χ0n) is 14.0. The Morgan fingerprint density at radius 1 is 0.880 bits per heavy atom. The molecular weight excluding hydrogens is 318 g/mol. The quantitative estimate of drug-likeness (QED) is 0.634. The molecule has 6 nitrogen and oxygen atoms in total. The van der Waals surface area contributed by atoms with Crippen LogP contribution in [0.1, 0.15) is 11.1 Å². The van der Waals surface area contributed by atoms with Crippen molar-refractivity contribution in [2.75, 3.05) is 19.6 Å². The van der Waals surface area contributed by atoms with Gasteiger partial charge in [-0.3, -0.25) is 9.59 Å². The molecule has 0 spiro atoms. The van der Waals surface area contributed by atoms with Gasteiger partial charge < -0.3 is 21.1 Å². The predicted molar refractivity (Wildman–Crippen MR) is 96.0 cm³/mol. The van der Waals surface area contributed by atoms with E-state index in [1.807, 2.05) is 54.6 Å². The number of hydrogen-bond donors (Lipinski definition) is 3. The molecule has 0 atom stereocenters. The maximum absolute atomic E-state index is 11.5. The first-order valence-corrected chi connectivity index (χ1v) is 8.16. The molecule has 0 saturated carbocycles. The molecule has 0 aromatic heterocycles. The fourth-order valence-electron chi connectivity index (χ4n) is 2.15. The highest BCUT2D eigenvalue weighted by molar-refractivity contribution is 5.85. The molecule has 25 heavy (non-hydrogen) atoms. The third kappa shape index (κ3) is 7.05. The Morgan fingerprint density at radius 3 is 2.28 bits per heavy atom. The Morgan fingerprint density at radius 2 is 1.60 bits per heavy atom. The monoisotopic (exact) mass is 341 g/mol. The van der Waals surface area contributed by atoms with Crippen LogP contribution in [0.3, 0.4) is 0 Å². The molecule has 2 amide bonds. The summed E-state index contributed by atoms with van der Waals surface area (Å²) in [5.74, 6) is 0.229. The normalized spacial score (nSPS) is 10.1. The van der Waals surface area contributed by atoms with Gasteiger partial charge in [-0.2, -0.15) is 0 Å². The second kappa shape index (κ2) is 10.1. The maximum Gasteiger partial charge on any atom is 0.239 e. The molecule has 2 aromatic carbocycles. The number of nitrogens with one attached hydrogen (secondary N) is 2. The molecule has 0 saturated heterocycles. The standard InChI is InChI=1S/C19H23N3O3/c20-12-18(23)22-13-19(24)21-11-10-15-6-8-17(9-7-15)25-14-16-4-2-1-3-5-16/h1-9H,10-14,20H2,(H,21,24)(H,22,23). The molecule has 0 bridgehead atoms. The molecule has 2 aromatic rings. The summed E-state index contributed by atoms with van der Waals surface area (Å²) in [5.41, 5.74) is 7.36. The minimum Gasteiger partial charge on any atom is -0.489 e. The van der Waals surface area contributed by atoms with Crippen molar-refractivity contribution in [3.63, 3.8) is 0 Å². The van der Waals surface area contributed by atoms with Gasteiger partial charge in [0.05, 0.1) is 13.1 Å². The minimum absolute atomic E-state index is 0.0533. The molecule has 0 aliphatic carbocycles. The van der Waals surface area contributed by atoms with Crippen LogP contribution < -0.4 is 21.1 Å². The molecule has 6 heteroatoms. The average Bonchev–Trinajstić information content (AvgIpc) is 2.66. The topological polar surface area (TPSA) is 93.5 Å². The van der Waals surface area contributed by atoms with E-state index in [0.717, 1.165) is 16.9 Å². The zero-order chi connectivity index (χ0) is 17.9. The summed E-state index contributed by atoms with van der Waals surface area (Å²) in [6.45, 7) is 0.862. The van der Waals surface area contributed by atoms with Crippen molar-refractivity contribution >= 4 is 11.8 Å². The lowest BCUT2D eigenvalue weighted by molar-refractivity contribution is -0.125. The second-order valence-electron chi connectivity index (χ2n) is 5.50. The van der Waals surface area contributed by atoms with Gasteiger partial charge in [0.15, 0.2) is 0 Å². The lowest BCUT2D eigenvalue weighted by Crippen LogP contribution is -2.40. The van der Waals surface area contributed by atoms with Crippen LogP contribution in [0.2, 0.25) is 0 Å². The highest BCUT2D eigenvalue weighted by Gasteiger charge is 2.03. The fourth-order valence-corrected chi connectivity index (χ4v) is 2.15. The highest BCUT2D eigenvalue weighted by Crippen LogP contribution is 2.14. The Labute approximate surface area is 147 Å². The van der Waals surface area contributed by atoms with E-state index in [-0.39, 0.29) is 24.9 Å². The largest absolute Gasteiger partial charge is 0.489 e. The molecule has 0 unspecified atom stereocenters. The zero-order valence-corrected chi connectivity index (χ0v) is 14.0. The highest BCUT2D eigenvalue weighted by atomic mass is 16.5. The Hall–Kier alpha value is -2.86. The predicted octanol–water partition coefficient (Wildman–Crippen LogP) is 0.999. The summed E-state index contributed by atoms with van der Waals surface area (Å²) in [7, 11) is 0. The SMILES string of the molecule is NCC(=O)NCC(=O)NCCc1ccc(OCc2ccccc2)cc1. The van der Waals surface area contributed by atoms with Crippen LogP contribution in [0.4, 0.5) is 0 Å². The summed E-state index contributed by atoms with van der Waals surface area (Å²) in [6.07, 6.45) is 0.704. The first kappa shape index (κ1) is 18.5. The number of benzene rings is 2. The van der Waals surface area contributed by atoms with E-state index in [1.165, 1.54) is 0 Å². The van der Waals surface area contributed by atoms with Crippen LogP contribution in [0, 0.1) is 0 Å². The fraction of sp³-hybridized carbons (Fsp3) is 0.263. The molecule has 0 aliphatic heterocycles. The van der Waals surface area contributed by atoms with Gasteiger partial charge in [0.1, 0.15) is 12.4 Å². The Bertz CT molecular complexity index is 672. The molecule has 0 radical (unpaired) electrons. The third-order valence-corrected chi connectivity index (χ3v) is 3.54. The first-order chi connectivity index (χ1) is 12.2. The van der Waals surface area contributed by atoms with E-state index in [9.17, 15) is 9.59 Å². The molecule has 2 rings (SSSR count). The number of ether oxygens (including phenoxy) is 1. The van der Waals surface area contributed by atoms with Crippen LogP contribution in [0.5, 0.6) is 5.75 Å². The summed E-state index contributed by atoms with van der Waals surface area (Å²) >= 11 is 0. The van der Waals surface area contributed by atoms with Gasteiger partial charge in [-0.15, -0.1) is 0 Å². The second-order valence-corrected chi connectivity index (χ2v) is 5.50. The number of rotatable bonds is 9. The molecule has 132 valence electrons. The van der Waals surface area contributed by atoms with Crippen LogP contribution in [0.25, 0.3) is 0 Å². The van der Waals surface area contributed by atoms with Crippen molar-refractivity contribution in [2.24, 2.45) is 5.73 Å². The lowest BCUT2D eigenvalue weighted by Gasteiger charge is -2.08. The molecule has 4 N–H and O–H groups in total. The van der Waals surface area contributed by atoms with E-state index >= 15 is 0 Å². The van der Waals surface area contributed by atoms with E-state index in [2.05, 4.69) is 10.6 Å². The van der Waals surface area contributed by atoms with E-state index in [1.54, 1.807) is 0 Å². The lowest BCUT2D eigenvalue weighted by atomic mass is 10.1. The van der Waals surface area contributed by atoms with Crippen molar-refractivity contribution in [1.29, 1.82) is 0 Å². The average molecular weight is 341 g/mol. The Balaban J connectivity index is 1.68. The maximum atomic E-state index is 11.5. The van der Waals surface area contributed by atoms with Crippen molar-refractivity contribution < 1.29 is 14.3 Å². The summed E-state index contributed by atoms with van der Waals surface area (Å²) in [6, 6.07) is 17.8. The summed E-state index contributed by atoms with van der Waals surface area (Å²) < 4.78 is 5.73. The third-order valence-electron chi connectivity index (χ3n) is 3.54. The number of carbonyl (C=O) groups excluding carboxylic acids is 2. The number of hydrogen-bond acceptors (Lipinski definition) is 4. The van der Waals surface area contributed by atoms with Gasteiger partial charge in [-0.05, 0) is 29.7 Å².